The first kappa shape index (κ1) is 10.8. The second-order valence-electron chi connectivity index (χ2n) is 3.02. The molecule has 0 aliphatic carbocycles. The number of allylic oxidation sites excluding steroid dienone is 1. The zero-order valence-electron chi connectivity index (χ0n) is 7.61. The summed E-state index contributed by atoms with van der Waals surface area (Å²) in [6.07, 6.45) is 0.265. The third kappa shape index (κ3) is 2.89. The van der Waals surface area contributed by atoms with Gasteiger partial charge in [0.2, 0.25) is 0 Å². The van der Waals surface area contributed by atoms with Crippen molar-refractivity contribution in [2.75, 3.05) is 0 Å². The predicted octanol–water partition coefficient (Wildman–Crippen LogP) is 3.00. The molecule has 74 valence electrons. The molecule has 0 bridgehead atoms. The Kier molecular flexibility index (Phi) is 3.72. The largest absolute Gasteiger partial charge is 0.481 e. The Hall–Kier alpha value is -1.28. The fourth-order valence-electron chi connectivity index (χ4n) is 1.25. The molecule has 0 amide bonds. The molecule has 0 radical (unpaired) electrons. The predicted molar refractivity (Wildman–Crippen MR) is 56.4 cm³/mol. The van der Waals surface area contributed by atoms with Crippen LogP contribution in [-0.2, 0) is 4.79 Å². The molecule has 2 nitrogen and oxygen atoms in total. The zero-order chi connectivity index (χ0) is 10.6. The fourth-order valence-corrected chi connectivity index (χ4v) is 1.41. The van der Waals surface area contributed by atoms with Gasteiger partial charge in [-0.2, -0.15) is 0 Å². The van der Waals surface area contributed by atoms with Gasteiger partial charge in [-0.05, 0) is 12.0 Å². The van der Waals surface area contributed by atoms with Crippen LogP contribution in [0.15, 0.2) is 41.9 Å². The smallest absolute Gasteiger partial charge is 0.311 e. The molecule has 0 aromatic heterocycles. The van der Waals surface area contributed by atoms with E-state index in [0.29, 0.717) is 5.03 Å². The summed E-state index contributed by atoms with van der Waals surface area (Å²) in [6.45, 7) is 3.50. The number of aliphatic carboxylic acids is 1. The van der Waals surface area contributed by atoms with Gasteiger partial charge in [0, 0.05) is 5.03 Å². The van der Waals surface area contributed by atoms with Gasteiger partial charge in [0.25, 0.3) is 0 Å². The van der Waals surface area contributed by atoms with Crippen molar-refractivity contribution in [1.29, 1.82) is 0 Å². The fraction of sp³-hybridized carbons (Fsp3) is 0.182. The van der Waals surface area contributed by atoms with E-state index in [1.165, 1.54) is 0 Å². The van der Waals surface area contributed by atoms with Crippen LogP contribution in [0.3, 0.4) is 0 Å². The molecule has 0 saturated carbocycles. The van der Waals surface area contributed by atoms with E-state index in [1.54, 1.807) is 12.1 Å². The number of carbonyl (C=O) groups is 1. The number of carboxylic acids is 1. The molecular weight excluding hydrogens is 200 g/mol. The van der Waals surface area contributed by atoms with Crippen molar-refractivity contribution in [2.24, 2.45) is 0 Å². The van der Waals surface area contributed by atoms with Gasteiger partial charge in [0.15, 0.2) is 0 Å². The minimum Gasteiger partial charge on any atom is -0.481 e. The Morgan fingerprint density at radius 2 is 2.00 bits per heavy atom. The topological polar surface area (TPSA) is 37.3 Å². The van der Waals surface area contributed by atoms with Crippen molar-refractivity contribution in [2.45, 2.75) is 12.3 Å². The molecule has 1 unspecified atom stereocenters. The van der Waals surface area contributed by atoms with Crippen LogP contribution in [0, 0.1) is 0 Å². The first-order chi connectivity index (χ1) is 6.61. The Morgan fingerprint density at radius 1 is 1.43 bits per heavy atom. The van der Waals surface area contributed by atoms with Gasteiger partial charge in [-0.15, -0.1) is 0 Å². The molecule has 0 spiro atoms. The summed E-state index contributed by atoms with van der Waals surface area (Å²) >= 11 is 5.61. The Balaban J connectivity index is 2.89. The summed E-state index contributed by atoms with van der Waals surface area (Å²) in [7, 11) is 0. The van der Waals surface area contributed by atoms with Crippen LogP contribution >= 0.6 is 11.6 Å². The highest BCUT2D eigenvalue weighted by Crippen LogP contribution is 2.24. The molecule has 14 heavy (non-hydrogen) atoms. The molecule has 1 atom stereocenters. The average Bonchev–Trinajstić information content (AvgIpc) is 2.15. The summed E-state index contributed by atoms with van der Waals surface area (Å²) in [5.41, 5.74) is 0.752. The lowest BCUT2D eigenvalue weighted by molar-refractivity contribution is -0.138. The number of benzene rings is 1. The highest BCUT2D eigenvalue weighted by molar-refractivity contribution is 6.29. The van der Waals surface area contributed by atoms with Crippen LogP contribution < -0.4 is 0 Å². The van der Waals surface area contributed by atoms with Crippen LogP contribution in [0.5, 0.6) is 0 Å². The second kappa shape index (κ2) is 4.82. The Bertz CT molecular complexity index is 332. The highest BCUT2D eigenvalue weighted by atomic mass is 35.5. The van der Waals surface area contributed by atoms with Gasteiger partial charge in [0.05, 0.1) is 5.92 Å². The van der Waals surface area contributed by atoms with E-state index in [0.717, 1.165) is 5.56 Å². The van der Waals surface area contributed by atoms with Crippen molar-refractivity contribution >= 4 is 17.6 Å². The quantitative estimate of drug-likeness (QED) is 0.830. The lowest BCUT2D eigenvalue weighted by Crippen LogP contribution is -2.11. The molecule has 0 aliphatic heterocycles. The SMILES string of the molecule is C=C(Cl)CC(C(=O)O)c1ccccc1. The average molecular weight is 211 g/mol. The van der Waals surface area contributed by atoms with Crippen LogP contribution in [0.1, 0.15) is 17.9 Å². The summed E-state index contributed by atoms with van der Waals surface area (Å²) in [5.74, 6) is -1.47. The maximum absolute atomic E-state index is 10.9. The highest BCUT2D eigenvalue weighted by Gasteiger charge is 2.19. The summed E-state index contributed by atoms with van der Waals surface area (Å²) in [6, 6.07) is 9.01. The van der Waals surface area contributed by atoms with E-state index in [1.807, 2.05) is 18.2 Å². The minimum atomic E-state index is -0.877. The van der Waals surface area contributed by atoms with Gasteiger partial charge in [-0.1, -0.05) is 48.5 Å². The van der Waals surface area contributed by atoms with E-state index in [9.17, 15) is 4.79 Å². The van der Waals surface area contributed by atoms with Crippen LogP contribution in [0.2, 0.25) is 0 Å². The molecule has 3 heteroatoms. The summed E-state index contributed by atoms with van der Waals surface area (Å²) in [5, 5.41) is 9.34. The number of halogens is 1. The number of carboxylic acid groups (broad SMARTS) is 1. The van der Waals surface area contributed by atoms with Crippen LogP contribution in [-0.4, -0.2) is 11.1 Å². The lowest BCUT2D eigenvalue weighted by Gasteiger charge is -2.11. The molecule has 1 rings (SSSR count). The molecular formula is C11H11ClO2. The number of hydrogen-bond acceptors (Lipinski definition) is 1. The van der Waals surface area contributed by atoms with E-state index in [4.69, 9.17) is 16.7 Å². The Morgan fingerprint density at radius 3 is 2.43 bits per heavy atom. The molecule has 1 aromatic rings. The van der Waals surface area contributed by atoms with Gasteiger partial charge in [-0.25, -0.2) is 0 Å². The van der Waals surface area contributed by atoms with E-state index in [-0.39, 0.29) is 6.42 Å². The van der Waals surface area contributed by atoms with Crippen molar-refractivity contribution in [3.8, 4) is 0 Å². The number of hydrogen-bond donors (Lipinski definition) is 1. The molecule has 0 heterocycles. The first-order valence-corrected chi connectivity index (χ1v) is 4.60. The van der Waals surface area contributed by atoms with Crippen molar-refractivity contribution in [1.82, 2.24) is 0 Å². The van der Waals surface area contributed by atoms with Gasteiger partial charge in [-0.3, -0.25) is 4.79 Å². The zero-order valence-corrected chi connectivity index (χ0v) is 8.37. The number of rotatable bonds is 4. The second-order valence-corrected chi connectivity index (χ2v) is 3.56. The Labute approximate surface area is 87.8 Å². The van der Waals surface area contributed by atoms with Gasteiger partial charge >= 0.3 is 5.97 Å². The lowest BCUT2D eigenvalue weighted by atomic mass is 9.96. The van der Waals surface area contributed by atoms with Crippen molar-refractivity contribution in [3.05, 3.63) is 47.5 Å². The molecule has 0 fully saturated rings. The maximum Gasteiger partial charge on any atom is 0.311 e. The summed E-state index contributed by atoms with van der Waals surface area (Å²) in [4.78, 5) is 10.9. The van der Waals surface area contributed by atoms with E-state index < -0.39 is 11.9 Å². The maximum atomic E-state index is 10.9. The minimum absolute atomic E-state index is 0.265. The van der Waals surface area contributed by atoms with Gasteiger partial charge in [0.1, 0.15) is 0 Å². The third-order valence-corrected chi connectivity index (χ3v) is 2.08. The summed E-state index contributed by atoms with van der Waals surface area (Å²) < 4.78 is 0. The van der Waals surface area contributed by atoms with Crippen molar-refractivity contribution in [3.63, 3.8) is 0 Å². The molecule has 1 aromatic carbocycles. The van der Waals surface area contributed by atoms with Crippen LogP contribution in [0.25, 0.3) is 0 Å². The monoisotopic (exact) mass is 210 g/mol. The van der Waals surface area contributed by atoms with E-state index in [2.05, 4.69) is 6.58 Å². The molecule has 0 aliphatic rings. The first-order valence-electron chi connectivity index (χ1n) is 4.22. The van der Waals surface area contributed by atoms with Crippen LogP contribution in [0.4, 0.5) is 0 Å². The van der Waals surface area contributed by atoms with Gasteiger partial charge < -0.3 is 5.11 Å². The standard InChI is InChI=1S/C11H11ClO2/c1-8(12)7-10(11(13)14)9-5-3-2-4-6-9/h2-6,10H,1,7H2,(H,13,14). The van der Waals surface area contributed by atoms with E-state index >= 15 is 0 Å². The third-order valence-electron chi connectivity index (χ3n) is 1.93. The molecule has 1 N–H and O–H groups in total. The normalized spacial score (nSPS) is 12.1. The molecule has 0 saturated heterocycles. The van der Waals surface area contributed by atoms with Crippen molar-refractivity contribution < 1.29 is 9.90 Å².